The normalized spacial score (nSPS) is 45.0. The predicted octanol–water partition coefficient (Wildman–Crippen LogP) is 4.03. The number of methoxy groups -OCH3 is 1. The lowest BCUT2D eigenvalue weighted by atomic mass is 9.42. The minimum absolute atomic E-state index is 0.0757. The molecule has 0 aromatic heterocycles. The predicted molar refractivity (Wildman–Crippen MR) is 93.6 cm³/mol. The third-order valence-corrected chi connectivity index (χ3v) is 8.10. The standard InChI is InChI=1S/C21H30O4/c1-13-14-6-7-16-20(12-14,25-17(13)22)11-8-15-19(2,3)9-5-10-21(15,16)18(23)24-4/h14-16H,1,5-12H2,2-4H3/t14-,15-,16-,20-,21+/m1/s1. The van der Waals surface area contributed by atoms with Crippen molar-refractivity contribution in [3.8, 4) is 0 Å². The molecule has 4 rings (SSSR count). The summed E-state index contributed by atoms with van der Waals surface area (Å²) in [6.45, 7) is 8.55. The second-order valence-electron chi connectivity index (χ2n) is 9.48. The largest absolute Gasteiger partial charge is 0.469 e. The first-order chi connectivity index (χ1) is 11.8. The number of ether oxygens (including phenoxy) is 2. The Morgan fingerprint density at radius 2 is 1.92 bits per heavy atom. The van der Waals surface area contributed by atoms with Crippen LogP contribution in [0.5, 0.6) is 0 Å². The van der Waals surface area contributed by atoms with E-state index in [1.807, 2.05) is 0 Å². The molecule has 4 fully saturated rings. The molecule has 3 aliphatic carbocycles. The number of rotatable bonds is 1. The highest BCUT2D eigenvalue weighted by atomic mass is 16.6. The van der Waals surface area contributed by atoms with Crippen LogP contribution in [0.1, 0.15) is 65.2 Å². The lowest BCUT2D eigenvalue weighted by molar-refractivity contribution is -0.236. The Morgan fingerprint density at radius 3 is 2.64 bits per heavy atom. The Balaban J connectivity index is 1.82. The van der Waals surface area contributed by atoms with Crippen LogP contribution in [0.25, 0.3) is 0 Å². The van der Waals surface area contributed by atoms with Crippen molar-refractivity contribution in [2.45, 2.75) is 70.8 Å². The number of carbonyl (C=O) groups is 2. The Kier molecular flexibility index (Phi) is 3.66. The number of fused-ring (bicyclic) bond motifs is 3. The van der Waals surface area contributed by atoms with E-state index in [1.165, 1.54) is 7.11 Å². The third kappa shape index (κ3) is 2.12. The summed E-state index contributed by atoms with van der Waals surface area (Å²) >= 11 is 0. The zero-order chi connectivity index (χ0) is 18.0. The molecule has 4 nitrogen and oxygen atoms in total. The molecule has 4 heteroatoms. The zero-order valence-electron chi connectivity index (χ0n) is 15.7. The molecule has 2 bridgehead atoms. The van der Waals surface area contributed by atoms with E-state index in [0.717, 1.165) is 51.4 Å². The number of hydrogen-bond donors (Lipinski definition) is 0. The highest BCUT2D eigenvalue weighted by molar-refractivity contribution is 5.90. The van der Waals surface area contributed by atoms with Crippen LogP contribution in [0.15, 0.2) is 12.2 Å². The molecule has 0 radical (unpaired) electrons. The van der Waals surface area contributed by atoms with Crippen molar-refractivity contribution in [3.05, 3.63) is 12.2 Å². The van der Waals surface area contributed by atoms with E-state index in [1.54, 1.807) is 0 Å². The monoisotopic (exact) mass is 346 g/mol. The summed E-state index contributed by atoms with van der Waals surface area (Å²) in [6, 6.07) is 0. The SMILES string of the molecule is C=C1C(=O)O[C@@]23CC[C@@H]4C(C)(C)CCC[C@@]4(C(=O)OC)[C@@H]2CC[C@@H]1C3. The van der Waals surface area contributed by atoms with Gasteiger partial charge >= 0.3 is 11.9 Å². The molecule has 138 valence electrons. The van der Waals surface area contributed by atoms with Crippen molar-refractivity contribution in [1.82, 2.24) is 0 Å². The van der Waals surface area contributed by atoms with Gasteiger partial charge in [-0.05, 0) is 62.2 Å². The van der Waals surface area contributed by atoms with Crippen molar-refractivity contribution >= 4 is 11.9 Å². The number of esters is 2. The summed E-state index contributed by atoms with van der Waals surface area (Å²) in [5, 5.41) is 0. The van der Waals surface area contributed by atoms with Crippen LogP contribution < -0.4 is 0 Å². The van der Waals surface area contributed by atoms with Crippen molar-refractivity contribution in [2.24, 2.45) is 28.6 Å². The fourth-order valence-electron chi connectivity index (χ4n) is 7.09. The fourth-order valence-corrected chi connectivity index (χ4v) is 7.09. The Labute approximate surface area is 150 Å². The van der Waals surface area contributed by atoms with E-state index >= 15 is 0 Å². The number of carbonyl (C=O) groups excluding carboxylic acids is 2. The van der Waals surface area contributed by atoms with E-state index in [9.17, 15) is 9.59 Å². The van der Waals surface area contributed by atoms with Gasteiger partial charge in [0.1, 0.15) is 5.60 Å². The molecule has 0 aromatic rings. The molecule has 3 saturated carbocycles. The molecule has 1 saturated heterocycles. The van der Waals surface area contributed by atoms with E-state index < -0.39 is 11.0 Å². The molecule has 5 atom stereocenters. The first-order valence-electron chi connectivity index (χ1n) is 9.77. The molecule has 1 heterocycles. The van der Waals surface area contributed by atoms with Gasteiger partial charge in [-0.25, -0.2) is 4.79 Å². The maximum absolute atomic E-state index is 13.2. The molecule has 0 unspecified atom stereocenters. The molecule has 0 aromatic carbocycles. The maximum atomic E-state index is 13.2. The summed E-state index contributed by atoms with van der Waals surface area (Å²) in [6.07, 6.45) is 7.57. The average Bonchev–Trinajstić information content (AvgIpc) is 2.57. The van der Waals surface area contributed by atoms with Crippen LogP contribution in [0, 0.1) is 28.6 Å². The quantitative estimate of drug-likeness (QED) is 0.531. The third-order valence-electron chi connectivity index (χ3n) is 8.10. The Bertz CT molecular complexity index is 636. The Morgan fingerprint density at radius 1 is 1.16 bits per heavy atom. The second-order valence-corrected chi connectivity index (χ2v) is 9.48. The minimum atomic E-state index is -0.501. The fraction of sp³-hybridized carbons (Fsp3) is 0.810. The molecular weight excluding hydrogens is 316 g/mol. The van der Waals surface area contributed by atoms with Crippen molar-refractivity contribution in [3.63, 3.8) is 0 Å². The van der Waals surface area contributed by atoms with E-state index in [0.29, 0.717) is 11.5 Å². The molecule has 1 aliphatic heterocycles. The Hall–Kier alpha value is -1.32. The van der Waals surface area contributed by atoms with Gasteiger partial charge in [-0.3, -0.25) is 4.79 Å². The highest BCUT2D eigenvalue weighted by Gasteiger charge is 2.69. The smallest absolute Gasteiger partial charge is 0.334 e. The summed E-state index contributed by atoms with van der Waals surface area (Å²) in [4.78, 5) is 25.6. The summed E-state index contributed by atoms with van der Waals surface area (Å²) in [5.41, 5.74) is -0.243. The van der Waals surface area contributed by atoms with Crippen LogP contribution in [0.4, 0.5) is 0 Å². The van der Waals surface area contributed by atoms with Gasteiger partial charge in [-0.15, -0.1) is 0 Å². The van der Waals surface area contributed by atoms with Crippen LogP contribution in [-0.2, 0) is 19.1 Å². The molecular formula is C21H30O4. The molecule has 25 heavy (non-hydrogen) atoms. The van der Waals surface area contributed by atoms with Gasteiger partial charge in [0.05, 0.1) is 12.5 Å². The summed E-state index contributed by atoms with van der Waals surface area (Å²) in [7, 11) is 1.51. The maximum Gasteiger partial charge on any atom is 0.334 e. The molecule has 1 spiro atoms. The zero-order valence-corrected chi connectivity index (χ0v) is 15.7. The van der Waals surface area contributed by atoms with Gasteiger partial charge in [0.25, 0.3) is 0 Å². The van der Waals surface area contributed by atoms with Crippen molar-refractivity contribution in [1.29, 1.82) is 0 Å². The lowest BCUT2D eigenvalue weighted by Crippen LogP contribution is -2.67. The second kappa shape index (κ2) is 5.34. The van der Waals surface area contributed by atoms with Gasteiger partial charge in [0.15, 0.2) is 0 Å². The first kappa shape index (κ1) is 17.1. The van der Waals surface area contributed by atoms with E-state index in [4.69, 9.17) is 9.47 Å². The van der Waals surface area contributed by atoms with Gasteiger partial charge in [0.2, 0.25) is 0 Å². The van der Waals surface area contributed by atoms with Crippen LogP contribution in [-0.4, -0.2) is 24.6 Å². The van der Waals surface area contributed by atoms with E-state index in [-0.39, 0.29) is 29.2 Å². The van der Waals surface area contributed by atoms with Gasteiger partial charge in [-0.1, -0.05) is 26.8 Å². The summed E-state index contributed by atoms with van der Waals surface area (Å²) < 4.78 is 11.4. The van der Waals surface area contributed by atoms with Crippen molar-refractivity contribution < 1.29 is 19.1 Å². The van der Waals surface area contributed by atoms with Crippen LogP contribution in [0.3, 0.4) is 0 Å². The average molecular weight is 346 g/mol. The van der Waals surface area contributed by atoms with E-state index in [2.05, 4.69) is 20.4 Å². The topological polar surface area (TPSA) is 52.6 Å². The van der Waals surface area contributed by atoms with Crippen molar-refractivity contribution in [2.75, 3.05) is 7.11 Å². The summed E-state index contributed by atoms with van der Waals surface area (Å²) in [5.74, 6) is 0.291. The van der Waals surface area contributed by atoms with Gasteiger partial charge in [0, 0.05) is 11.5 Å². The molecule has 4 aliphatic rings. The highest BCUT2D eigenvalue weighted by Crippen LogP contribution is 2.67. The van der Waals surface area contributed by atoms with Gasteiger partial charge < -0.3 is 9.47 Å². The molecule has 0 amide bonds. The first-order valence-corrected chi connectivity index (χ1v) is 9.77. The van der Waals surface area contributed by atoms with Crippen LogP contribution in [0.2, 0.25) is 0 Å². The minimum Gasteiger partial charge on any atom is -0.469 e. The molecule has 0 N–H and O–H groups in total. The van der Waals surface area contributed by atoms with Gasteiger partial charge in [-0.2, -0.15) is 0 Å². The number of hydrogen-bond acceptors (Lipinski definition) is 4. The van der Waals surface area contributed by atoms with Crippen LogP contribution >= 0.6 is 0 Å². The lowest BCUT2D eigenvalue weighted by Gasteiger charge is -2.64.